The first-order chi connectivity index (χ1) is 12.6. The Morgan fingerprint density at radius 1 is 1.04 bits per heavy atom. The molecule has 3 heteroatoms. The topological polar surface area (TPSA) is 23.6 Å². The van der Waals surface area contributed by atoms with Gasteiger partial charge < -0.3 is 9.80 Å². The van der Waals surface area contributed by atoms with Crippen LogP contribution in [0.3, 0.4) is 0 Å². The minimum absolute atomic E-state index is 0.0624. The third-order valence-electron chi connectivity index (χ3n) is 5.94. The number of rotatable bonds is 3. The fraction of sp³-hybridized carbons (Fsp3) is 0.435. The number of hydrogen-bond donors (Lipinski definition) is 0. The fourth-order valence-electron chi connectivity index (χ4n) is 4.48. The first-order valence-corrected chi connectivity index (χ1v) is 9.80. The van der Waals surface area contributed by atoms with Gasteiger partial charge in [0.2, 0.25) is 0 Å². The lowest BCUT2D eigenvalue weighted by Crippen LogP contribution is -2.37. The normalized spacial score (nSPS) is 20.0. The number of hydrogen-bond acceptors (Lipinski definition) is 2. The summed E-state index contributed by atoms with van der Waals surface area (Å²) in [6, 6.07) is 15.5. The van der Waals surface area contributed by atoms with Crippen molar-refractivity contribution < 1.29 is 4.79 Å². The average molecular weight is 348 g/mol. The molecule has 1 heterocycles. The minimum Gasteiger partial charge on any atom is -0.345 e. The highest BCUT2D eigenvalue weighted by Gasteiger charge is 2.26. The molecule has 0 N–H and O–H groups in total. The van der Waals surface area contributed by atoms with Gasteiger partial charge in [0.1, 0.15) is 0 Å². The maximum Gasteiger partial charge on any atom is 0.253 e. The number of benzene rings is 2. The minimum atomic E-state index is 0.0624. The summed E-state index contributed by atoms with van der Waals surface area (Å²) in [4.78, 5) is 16.9. The number of fused-ring (bicyclic) bond motifs is 1. The van der Waals surface area contributed by atoms with Gasteiger partial charge in [-0.2, -0.15) is 0 Å². The van der Waals surface area contributed by atoms with Crippen LogP contribution in [-0.2, 0) is 12.8 Å². The summed E-state index contributed by atoms with van der Waals surface area (Å²) in [5.74, 6) is 0.0624. The molecule has 1 aliphatic heterocycles. The molecule has 3 nitrogen and oxygen atoms in total. The van der Waals surface area contributed by atoms with Crippen LogP contribution >= 0.6 is 0 Å². The summed E-state index contributed by atoms with van der Waals surface area (Å²) in [5.41, 5.74) is 5.94. The molecule has 136 valence electrons. The summed E-state index contributed by atoms with van der Waals surface area (Å²) in [7, 11) is 3.62. The predicted molar refractivity (Wildman–Crippen MR) is 107 cm³/mol. The molecule has 1 fully saturated rings. The monoisotopic (exact) mass is 348 g/mol. The second kappa shape index (κ2) is 7.24. The van der Waals surface area contributed by atoms with Crippen LogP contribution in [0.4, 0.5) is 0 Å². The van der Waals surface area contributed by atoms with Crippen LogP contribution in [0.15, 0.2) is 42.5 Å². The van der Waals surface area contributed by atoms with Crippen LogP contribution < -0.4 is 0 Å². The van der Waals surface area contributed by atoms with Gasteiger partial charge in [0.25, 0.3) is 5.91 Å². The van der Waals surface area contributed by atoms with E-state index in [2.05, 4.69) is 29.2 Å². The van der Waals surface area contributed by atoms with Crippen LogP contribution in [0.2, 0.25) is 0 Å². The molecule has 0 radical (unpaired) electrons. The smallest absolute Gasteiger partial charge is 0.253 e. The van der Waals surface area contributed by atoms with E-state index in [-0.39, 0.29) is 5.91 Å². The maximum absolute atomic E-state index is 12.5. The van der Waals surface area contributed by atoms with Crippen LogP contribution in [0, 0.1) is 0 Å². The molecule has 2 aromatic rings. The van der Waals surface area contributed by atoms with Crippen molar-refractivity contribution in [1.82, 2.24) is 9.80 Å². The quantitative estimate of drug-likeness (QED) is 0.837. The van der Waals surface area contributed by atoms with Gasteiger partial charge in [-0.3, -0.25) is 4.79 Å². The molecular formula is C23H28N2O. The zero-order valence-electron chi connectivity index (χ0n) is 15.9. The van der Waals surface area contributed by atoms with Crippen LogP contribution in [-0.4, -0.2) is 48.9 Å². The fourth-order valence-corrected chi connectivity index (χ4v) is 4.48. The zero-order valence-corrected chi connectivity index (χ0v) is 15.9. The summed E-state index contributed by atoms with van der Waals surface area (Å²) in [6.45, 7) is 2.55. The first-order valence-electron chi connectivity index (χ1n) is 9.80. The van der Waals surface area contributed by atoms with Crippen molar-refractivity contribution in [1.29, 1.82) is 0 Å². The van der Waals surface area contributed by atoms with E-state index in [1.807, 2.05) is 32.3 Å². The van der Waals surface area contributed by atoms with Crippen molar-refractivity contribution in [3.05, 3.63) is 59.2 Å². The zero-order chi connectivity index (χ0) is 18.1. The lowest BCUT2D eigenvalue weighted by molar-refractivity contribution is 0.0828. The van der Waals surface area contributed by atoms with E-state index in [4.69, 9.17) is 0 Å². The molecule has 0 spiro atoms. The van der Waals surface area contributed by atoms with Crippen molar-refractivity contribution >= 4 is 5.91 Å². The van der Waals surface area contributed by atoms with E-state index < -0.39 is 0 Å². The Kier molecular flexibility index (Phi) is 4.82. The number of aryl methyl sites for hydroxylation is 1. The number of amides is 1. The van der Waals surface area contributed by atoms with Crippen molar-refractivity contribution in [2.75, 3.05) is 27.2 Å². The Bertz CT molecular complexity index is 806. The lowest BCUT2D eigenvalue weighted by Gasteiger charge is -2.32. The van der Waals surface area contributed by atoms with Gasteiger partial charge in [-0.05, 0) is 73.5 Å². The van der Waals surface area contributed by atoms with E-state index >= 15 is 0 Å². The van der Waals surface area contributed by atoms with Crippen molar-refractivity contribution in [3.63, 3.8) is 0 Å². The van der Waals surface area contributed by atoms with Crippen molar-refractivity contribution in [2.24, 2.45) is 0 Å². The third kappa shape index (κ3) is 3.28. The Morgan fingerprint density at radius 3 is 2.58 bits per heavy atom. The van der Waals surface area contributed by atoms with Gasteiger partial charge in [0.05, 0.1) is 0 Å². The molecule has 0 bridgehead atoms. The Balaban J connectivity index is 1.62. The second-order valence-corrected chi connectivity index (χ2v) is 7.87. The van der Waals surface area contributed by atoms with Gasteiger partial charge in [-0.15, -0.1) is 0 Å². The molecule has 0 saturated carbocycles. The van der Waals surface area contributed by atoms with E-state index in [9.17, 15) is 4.79 Å². The highest BCUT2D eigenvalue weighted by Crippen LogP contribution is 2.32. The lowest BCUT2D eigenvalue weighted by atomic mass is 9.85. The Labute approximate surface area is 156 Å². The standard InChI is InChI=1S/C23H28N2O/c1-24(2)23(26)22-8-4-3-7-21(22)19-10-9-18-16-20(12-11-17(18)15-19)25-13-5-6-14-25/h3-4,7-10,15,20H,5-6,11-14,16H2,1-2H3/t20-/m1/s1. The number of nitrogens with zero attached hydrogens (tertiary/aromatic N) is 2. The Hall–Kier alpha value is -2.13. The van der Waals surface area contributed by atoms with E-state index in [0.717, 1.165) is 29.2 Å². The SMILES string of the molecule is CN(C)C(=O)c1ccccc1-c1ccc2c(c1)CC[C@@H](N1CCCC1)C2. The van der Waals surface area contributed by atoms with Gasteiger partial charge in [0.15, 0.2) is 0 Å². The molecule has 1 aliphatic carbocycles. The molecule has 4 rings (SSSR count). The molecule has 1 amide bonds. The first kappa shape index (κ1) is 17.3. The predicted octanol–water partition coefficient (Wildman–Crippen LogP) is 4.01. The summed E-state index contributed by atoms with van der Waals surface area (Å²) < 4.78 is 0. The summed E-state index contributed by atoms with van der Waals surface area (Å²) >= 11 is 0. The van der Waals surface area contributed by atoms with Gasteiger partial charge in [-0.25, -0.2) is 0 Å². The molecule has 0 unspecified atom stereocenters. The average Bonchev–Trinajstić information content (AvgIpc) is 3.21. The molecule has 2 aromatic carbocycles. The van der Waals surface area contributed by atoms with Crippen molar-refractivity contribution in [2.45, 2.75) is 38.1 Å². The molecule has 1 saturated heterocycles. The Morgan fingerprint density at radius 2 is 1.81 bits per heavy atom. The van der Waals surface area contributed by atoms with Crippen LogP contribution in [0.25, 0.3) is 11.1 Å². The molecule has 0 aromatic heterocycles. The summed E-state index contributed by atoms with van der Waals surface area (Å²) in [6.07, 6.45) is 6.30. The molecule has 26 heavy (non-hydrogen) atoms. The molecule has 2 aliphatic rings. The van der Waals surface area contributed by atoms with Crippen molar-refractivity contribution in [3.8, 4) is 11.1 Å². The van der Waals surface area contributed by atoms with Crippen LogP contribution in [0.1, 0.15) is 40.7 Å². The summed E-state index contributed by atoms with van der Waals surface area (Å²) in [5, 5.41) is 0. The van der Waals surface area contributed by atoms with E-state index in [0.29, 0.717) is 0 Å². The number of carbonyl (C=O) groups is 1. The largest absolute Gasteiger partial charge is 0.345 e. The second-order valence-electron chi connectivity index (χ2n) is 7.87. The van der Waals surface area contributed by atoms with Crippen LogP contribution in [0.5, 0.6) is 0 Å². The third-order valence-corrected chi connectivity index (χ3v) is 5.94. The highest BCUT2D eigenvalue weighted by atomic mass is 16.2. The maximum atomic E-state index is 12.5. The molecular weight excluding hydrogens is 320 g/mol. The van der Waals surface area contributed by atoms with E-state index in [1.54, 1.807) is 4.90 Å². The number of carbonyl (C=O) groups excluding carboxylic acids is 1. The van der Waals surface area contributed by atoms with Gasteiger partial charge in [0, 0.05) is 25.7 Å². The van der Waals surface area contributed by atoms with Gasteiger partial charge >= 0.3 is 0 Å². The molecule has 1 atom stereocenters. The van der Waals surface area contributed by atoms with E-state index in [1.165, 1.54) is 49.9 Å². The van der Waals surface area contributed by atoms with Gasteiger partial charge in [-0.1, -0.05) is 36.4 Å². The number of likely N-dealkylation sites (tertiary alicyclic amines) is 1. The highest BCUT2D eigenvalue weighted by molar-refractivity contribution is 6.00.